The van der Waals surface area contributed by atoms with Crippen LogP contribution in [0.25, 0.3) is 0 Å². The van der Waals surface area contributed by atoms with Crippen LogP contribution in [0.4, 0.5) is 4.39 Å². The summed E-state index contributed by atoms with van der Waals surface area (Å²) in [6, 6.07) is 7.93. The Morgan fingerprint density at radius 2 is 2.22 bits per heavy atom. The van der Waals surface area contributed by atoms with Crippen molar-refractivity contribution in [3.05, 3.63) is 59.3 Å². The van der Waals surface area contributed by atoms with E-state index < -0.39 is 0 Å². The monoisotopic (exact) mass is 247 g/mol. The van der Waals surface area contributed by atoms with Crippen LogP contribution in [0.1, 0.15) is 21.7 Å². The number of hydrogen-bond donors (Lipinski definition) is 1. The molecule has 0 bridgehead atoms. The third-order valence-electron chi connectivity index (χ3n) is 2.73. The number of amides is 1. The molecule has 0 spiro atoms. The number of nitrogens with one attached hydrogen (secondary N) is 1. The first-order valence-electron chi connectivity index (χ1n) is 5.73. The summed E-state index contributed by atoms with van der Waals surface area (Å²) >= 11 is 0. The first kappa shape index (κ1) is 12.4. The number of carbonyl (C=O) groups excluding carboxylic acids is 1. The van der Waals surface area contributed by atoms with Gasteiger partial charge >= 0.3 is 0 Å². The molecule has 0 saturated heterocycles. The van der Waals surface area contributed by atoms with Gasteiger partial charge in [-0.2, -0.15) is 0 Å². The Kier molecular flexibility index (Phi) is 3.77. The summed E-state index contributed by atoms with van der Waals surface area (Å²) in [5.74, 6) is -0.179. The second-order valence-electron chi connectivity index (χ2n) is 4.05. The molecule has 1 aromatic heterocycles. The van der Waals surface area contributed by atoms with E-state index >= 15 is 0 Å². The van der Waals surface area contributed by atoms with Crippen molar-refractivity contribution in [2.45, 2.75) is 13.3 Å². The fourth-order valence-electron chi connectivity index (χ4n) is 1.75. The Morgan fingerprint density at radius 1 is 1.39 bits per heavy atom. The Labute approximate surface area is 105 Å². The molecule has 1 heterocycles. The lowest BCUT2D eigenvalue weighted by Gasteiger charge is -2.06. The highest BCUT2D eigenvalue weighted by Gasteiger charge is 2.07. The Morgan fingerprint density at radius 3 is 2.89 bits per heavy atom. The van der Waals surface area contributed by atoms with Gasteiger partial charge in [0.05, 0.1) is 6.26 Å². The molecular formula is C14H14FNO2. The summed E-state index contributed by atoms with van der Waals surface area (Å²) < 4.78 is 17.9. The van der Waals surface area contributed by atoms with Gasteiger partial charge in [0.1, 0.15) is 5.82 Å². The standard InChI is InChI=1S/C14H14FNO2/c1-10-9-12(15)5-4-11(10)6-7-16-14(17)13-3-2-8-18-13/h2-5,8-9H,6-7H2,1H3,(H,16,17). The summed E-state index contributed by atoms with van der Waals surface area (Å²) in [7, 11) is 0. The van der Waals surface area contributed by atoms with Gasteiger partial charge in [0.25, 0.3) is 5.91 Å². The van der Waals surface area contributed by atoms with E-state index in [0.29, 0.717) is 18.7 Å². The van der Waals surface area contributed by atoms with Gasteiger partial charge in [0, 0.05) is 6.54 Å². The SMILES string of the molecule is Cc1cc(F)ccc1CCNC(=O)c1ccco1. The van der Waals surface area contributed by atoms with Crippen LogP contribution < -0.4 is 5.32 Å². The highest BCUT2D eigenvalue weighted by molar-refractivity contribution is 5.91. The summed E-state index contributed by atoms with van der Waals surface area (Å²) in [5.41, 5.74) is 1.92. The van der Waals surface area contributed by atoms with Gasteiger partial charge in [-0.1, -0.05) is 6.07 Å². The third kappa shape index (κ3) is 2.97. The number of hydrogen-bond acceptors (Lipinski definition) is 2. The van der Waals surface area contributed by atoms with Crippen LogP contribution in [0.5, 0.6) is 0 Å². The lowest BCUT2D eigenvalue weighted by atomic mass is 10.1. The smallest absolute Gasteiger partial charge is 0.286 e. The van der Waals surface area contributed by atoms with Crippen LogP contribution in [0.3, 0.4) is 0 Å². The summed E-state index contributed by atoms with van der Waals surface area (Å²) in [5, 5.41) is 2.75. The zero-order chi connectivity index (χ0) is 13.0. The minimum Gasteiger partial charge on any atom is -0.459 e. The summed E-state index contributed by atoms with van der Waals surface area (Å²) in [6.45, 7) is 2.35. The van der Waals surface area contributed by atoms with Crippen molar-refractivity contribution in [3.8, 4) is 0 Å². The van der Waals surface area contributed by atoms with Gasteiger partial charge in [0.15, 0.2) is 5.76 Å². The number of halogens is 1. The quantitative estimate of drug-likeness (QED) is 0.902. The van der Waals surface area contributed by atoms with Gasteiger partial charge in [-0.25, -0.2) is 4.39 Å². The maximum absolute atomic E-state index is 12.9. The molecule has 2 aromatic rings. The van der Waals surface area contributed by atoms with Crippen LogP contribution in [0.2, 0.25) is 0 Å². The van der Waals surface area contributed by atoms with E-state index in [1.54, 1.807) is 18.2 Å². The Bertz CT molecular complexity index is 535. The van der Waals surface area contributed by atoms with E-state index in [4.69, 9.17) is 4.42 Å². The first-order chi connectivity index (χ1) is 8.66. The first-order valence-corrected chi connectivity index (χ1v) is 5.73. The third-order valence-corrected chi connectivity index (χ3v) is 2.73. The Hall–Kier alpha value is -2.10. The van der Waals surface area contributed by atoms with Gasteiger partial charge < -0.3 is 9.73 Å². The zero-order valence-electron chi connectivity index (χ0n) is 10.1. The van der Waals surface area contributed by atoms with Crippen LogP contribution in [-0.2, 0) is 6.42 Å². The van der Waals surface area contributed by atoms with Gasteiger partial charge in [-0.05, 0) is 48.7 Å². The molecule has 1 amide bonds. The molecule has 3 nitrogen and oxygen atoms in total. The topological polar surface area (TPSA) is 42.2 Å². The predicted octanol–water partition coefficient (Wildman–Crippen LogP) is 2.70. The minimum absolute atomic E-state index is 0.236. The Balaban J connectivity index is 1.87. The summed E-state index contributed by atoms with van der Waals surface area (Å²) in [4.78, 5) is 11.6. The average molecular weight is 247 g/mol. The molecule has 18 heavy (non-hydrogen) atoms. The molecule has 0 aliphatic carbocycles. The average Bonchev–Trinajstić information content (AvgIpc) is 2.85. The van der Waals surface area contributed by atoms with Gasteiger partial charge in [-0.15, -0.1) is 0 Å². The second-order valence-corrected chi connectivity index (χ2v) is 4.05. The number of benzene rings is 1. The lowest BCUT2D eigenvalue weighted by molar-refractivity contribution is 0.0926. The maximum atomic E-state index is 12.9. The van der Waals surface area contributed by atoms with E-state index in [1.807, 2.05) is 6.92 Å². The minimum atomic E-state index is -0.240. The normalized spacial score (nSPS) is 10.3. The van der Waals surface area contributed by atoms with Crippen molar-refractivity contribution in [1.82, 2.24) is 5.32 Å². The van der Waals surface area contributed by atoms with Crippen molar-refractivity contribution < 1.29 is 13.6 Å². The maximum Gasteiger partial charge on any atom is 0.286 e. The molecule has 0 saturated carbocycles. The number of rotatable bonds is 4. The fraction of sp³-hybridized carbons (Fsp3) is 0.214. The largest absolute Gasteiger partial charge is 0.459 e. The van der Waals surface area contributed by atoms with E-state index in [9.17, 15) is 9.18 Å². The highest BCUT2D eigenvalue weighted by atomic mass is 19.1. The van der Waals surface area contributed by atoms with Gasteiger partial charge in [0.2, 0.25) is 0 Å². The molecule has 94 valence electrons. The van der Waals surface area contributed by atoms with Crippen LogP contribution in [-0.4, -0.2) is 12.5 Å². The van der Waals surface area contributed by atoms with E-state index in [2.05, 4.69) is 5.32 Å². The molecule has 0 aliphatic heterocycles. The fourth-order valence-corrected chi connectivity index (χ4v) is 1.75. The molecule has 0 atom stereocenters. The van der Waals surface area contributed by atoms with Crippen molar-refractivity contribution in [3.63, 3.8) is 0 Å². The molecule has 0 radical (unpaired) electrons. The van der Waals surface area contributed by atoms with E-state index in [0.717, 1.165) is 11.1 Å². The van der Waals surface area contributed by atoms with Crippen molar-refractivity contribution in [1.29, 1.82) is 0 Å². The molecule has 0 aliphatic rings. The van der Waals surface area contributed by atoms with Gasteiger partial charge in [-0.3, -0.25) is 4.79 Å². The molecule has 0 fully saturated rings. The van der Waals surface area contributed by atoms with Crippen LogP contribution >= 0.6 is 0 Å². The van der Waals surface area contributed by atoms with Crippen molar-refractivity contribution in [2.24, 2.45) is 0 Å². The molecular weight excluding hydrogens is 233 g/mol. The van der Waals surface area contributed by atoms with Crippen molar-refractivity contribution >= 4 is 5.91 Å². The number of furan rings is 1. The van der Waals surface area contributed by atoms with Crippen LogP contribution in [0.15, 0.2) is 41.0 Å². The lowest BCUT2D eigenvalue weighted by Crippen LogP contribution is -2.25. The van der Waals surface area contributed by atoms with E-state index in [-0.39, 0.29) is 11.7 Å². The number of aryl methyl sites for hydroxylation is 1. The summed E-state index contributed by atoms with van der Waals surface area (Å²) in [6.07, 6.45) is 2.12. The molecule has 0 unspecified atom stereocenters. The number of carbonyl (C=O) groups is 1. The second kappa shape index (κ2) is 5.49. The molecule has 1 aromatic carbocycles. The molecule has 2 rings (SSSR count). The highest BCUT2D eigenvalue weighted by Crippen LogP contribution is 2.10. The van der Waals surface area contributed by atoms with Crippen molar-refractivity contribution in [2.75, 3.05) is 6.54 Å². The molecule has 4 heteroatoms. The zero-order valence-corrected chi connectivity index (χ0v) is 10.1. The van der Waals surface area contributed by atoms with E-state index in [1.165, 1.54) is 18.4 Å². The predicted molar refractivity (Wildman–Crippen MR) is 65.9 cm³/mol. The van der Waals surface area contributed by atoms with Crippen LogP contribution in [0, 0.1) is 12.7 Å². The molecule has 1 N–H and O–H groups in total.